The molecule has 2 amide bonds. The largest absolute Gasteiger partial charge is 0.509 e. The predicted molar refractivity (Wildman–Crippen MR) is 59.6 cm³/mol. The summed E-state index contributed by atoms with van der Waals surface area (Å²) in [5.41, 5.74) is -1.32. The molecule has 1 rings (SSSR count). The smallest absolute Gasteiger partial charge is 0.417 e. The van der Waals surface area contributed by atoms with Crippen LogP contribution in [0.15, 0.2) is 11.3 Å². The molecule has 0 aromatic heterocycles. The summed E-state index contributed by atoms with van der Waals surface area (Å²) >= 11 is 0. The van der Waals surface area contributed by atoms with Gasteiger partial charge in [-0.3, -0.25) is 4.79 Å². The van der Waals surface area contributed by atoms with Gasteiger partial charge in [0.15, 0.2) is 5.57 Å². The number of nitrogens with zero attached hydrogens (tertiary/aromatic N) is 1. The lowest BCUT2D eigenvalue weighted by Gasteiger charge is -2.23. The van der Waals surface area contributed by atoms with Gasteiger partial charge >= 0.3 is 12.1 Å². The number of hydrogen-bond donors (Lipinski definition) is 1. The molecule has 0 fully saturated rings. The van der Waals surface area contributed by atoms with Crippen molar-refractivity contribution in [1.82, 2.24) is 4.90 Å². The van der Waals surface area contributed by atoms with E-state index in [9.17, 15) is 19.5 Å². The number of imide groups is 1. The van der Waals surface area contributed by atoms with E-state index < -0.39 is 41.4 Å². The molecule has 1 aliphatic rings. The van der Waals surface area contributed by atoms with E-state index in [1.807, 2.05) is 0 Å². The Morgan fingerprint density at radius 3 is 2.33 bits per heavy atom. The summed E-state index contributed by atoms with van der Waals surface area (Å²) in [4.78, 5) is 35.3. The van der Waals surface area contributed by atoms with Gasteiger partial charge in [0, 0.05) is 0 Å². The highest BCUT2D eigenvalue weighted by Crippen LogP contribution is 2.21. The van der Waals surface area contributed by atoms with E-state index in [0.29, 0.717) is 4.90 Å². The lowest BCUT2D eigenvalue weighted by atomic mass is 10.2. The third-order valence-corrected chi connectivity index (χ3v) is 2.06. The van der Waals surface area contributed by atoms with Gasteiger partial charge in [0.05, 0.1) is 13.7 Å². The minimum atomic E-state index is -0.983. The summed E-state index contributed by atoms with van der Waals surface area (Å²) in [5.74, 6) is -2.41. The minimum absolute atomic E-state index is 0.391. The number of methoxy groups -OCH3 is 1. The third kappa shape index (κ3) is 2.79. The first kappa shape index (κ1) is 14.0. The Kier molecular flexibility index (Phi) is 3.64. The number of carbonyl (C=O) groups excluding carboxylic acids is 3. The van der Waals surface area contributed by atoms with Crippen LogP contribution < -0.4 is 0 Å². The number of aliphatic hydroxyl groups is 1. The van der Waals surface area contributed by atoms with Crippen molar-refractivity contribution in [2.45, 2.75) is 26.4 Å². The van der Waals surface area contributed by atoms with Crippen molar-refractivity contribution in [3.63, 3.8) is 0 Å². The number of rotatable bonds is 1. The Bertz CT molecular complexity index is 431. The van der Waals surface area contributed by atoms with E-state index in [4.69, 9.17) is 4.74 Å². The van der Waals surface area contributed by atoms with Gasteiger partial charge in [-0.15, -0.1) is 0 Å². The van der Waals surface area contributed by atoms with Crippen LogP contribution in [0.4, 0.5) is 4.79 Å². The summed E-state index contributed by atoms with van der Waals surface area (Å²) in [5, 5.41) is 9.49. The lowest BCUT2D eigenvalue weighted by Crippen LogP contribution is -2.39. The molecule has 7 nitrogen and oxygen atoms in total. The van der Waals surface area contributed by atoms with Crippen LogP contribution in [0.5, 0.6) is 0 Å². The monoisotopic (exact) mass is 257 g/mol. The van der Waals surface area contributed by atoms with Crippen molar-refractivity contribution in [1.29, 1.82) is 0 Å². The second-order valence-corrected chi connectivity index (χ2v) is 4.68. The Morgan fingerprint density at radius 1 is 1.33 bits per heavy atom. The molecule has 0 spiro atoms. The summed E-state index contributed by atoms with van der Waals surface area (Å²) in [6, 6.07) is 0. The second-order valence-electron chi connectivity index (χ2n) is 4.68. The Morgan fingerprint density at radius 2 is 1.89 bits per heavy atom. The molecule has 0 saturated carbocycles. The number of carbonyl (C=O) groups is 3. The first-order chi connectivity index (χ1) is 8.17. The molecule has 0 atom stereocenters. The molecule has 0 radical (unpaired) electrons. The summed E-state index contributed by atoms with van der Waals surface area (Å²) < 4.78 is 9.33. The molecule has 0 saturated heterocycles. The number of esters is 1. The van der Waals surface area contributed by atoms with Crippen LogP contribution >= 0.6 is 0 Å². The zero-order chi connectivity index (χ0) is 14.1. The maximum absolute atomic E-state index is 11.7. The molecule has 0 aliphatic carbocycles. The van der Waals surface area contributed by atoms with Crippen molar-refractivity contribution in [2.24, 2.45) is 0 Å². The fourth-order valence-corrected chi connectivity index (χ4v) is 1.33. The maximum Gasteiger partial charge on any atom is 0.417 e. The average Bonchev–Trinajstić information content (AvgIpc) is 2.51. The topological polar surface area (TPSA) is 93.1 Å². The molecule has 100 valence electrons. The van der Waals surface area contributed by atoms with Gasteiger partial charge in [-0.05, 0) is 20.8 Å². The van der Waals surface area contributed by atoms with Crippen LogP contribution in [-0.2, 0) is 19.1 Å². The second kappa shape index (κ2) is 4.67. The molecular weight excluding hydrogens is 242 g/mol. The fourth-order valence-electron chi connectivity index (χ4n) is 1.33. The average molecular weight is 257 g/mol. The molecule has 0 aromatic carbocycles. The Balaban J connectivity index is 2.85. The van der Waals surface area contributed by atoms with Crippen molar-refractivity contribution in [3.05, 3.63) is 11.3 Å². The minimum Gasteiger partial charge on any atom is -0.509 e. The van der Waals surface area contributed by atoms with Gasteiger partial charge < -0.3 is 14.6 Å². The lowest BCUT2D eigenvalue weighted by molar-refractivity contribution is -0.139. The molecule has 0 unspecified atom stereocenters. The molecule has 1 N–H and O–H groups in total. The van der Waals surface area contributed by atoms with Crippen molar-refractivity contribution in [2.75, 3.05) is 13.7 Å². The molecule has 1 heterocycles. The molecule has 0 bridgehead atoms. The van der Waals surface area contributed by atoms with Gasteiger partial charge in [-0.1, -0.05) is 0 Å². The number of amides is 2. The Labute approximate surface area is 104 Å². The van der Waals surface area contributed by atoms with Crippen LogP contribution in [0.2, 0.25) is 0 Å². The van der Waals surface area contributed by atoms with E-state index in [2.05, 4.69) is 4.74 Å². The van der Waals surface area contributed by atoms with E-state index >= 15 is 0 Å². The standard InChI is InChI=1S/C11H15NO6/c1-11(2,3)18-10(16)12-5-6(13)7(8(12)14)9(15)17-4/h13H,5H2,1-4H3. The SMILES string of the molecule is COC(=O)C1=C(O)CN(C(=O)OC(C)(C)C)C1=O. The van der Waals surface area contributed by atoms with Crippen LogP contribution in [0.25, 0.3) is 0 Å². The highest BCUT2D eigenvalue weighted by Gasteiger charge is 2.41. The van der Waals surface area contributed by atoms with Gasteiger partial charge in [0.2, 0.25) is 0 Å². The fraction of sp³-hybridized carbons (Fsp3) is 0.545. The van der Waals surface area contributed by atoms with Crippen molar-refractivity contribution in [3.8, 4) is 0 Å². The van der Waals surface area contributed by atoms with E-state index in [1.165, 1.54) is 0 Å². The number of hydrogen-bond acceptors (Lipinski definition) is 6. The van der Waals surface area contributed by atoms with Crippen LogP contribution in [0.1, 0.15) is 20.8 Å². The maximum atomic E-state index is 11.7. The first-order valence-electron chi connectivity index (χ1n) is 5.22. The van der Waals surface area contributed by atoms with Gasteiger partial charge in [-0.2, -0.15) is 0 Å². The quantitative estimate of drug-likeness (QED) is 0.550. The molecule has 0 aromatic rings. The summed E-state index contributed by atoms with van der Waals surface area (Å²) in [6.45, 7) is 4.53. The number of ether oxygens (including phenoxy) is 2. The third-order valence-electron chi connectivity index (χ3n) is 2.06. The summed E-state index contributed by atoms with van der Waals surface area (Å²) in [7, 11) is 1.08. The Hall–Kier alpha value is -2.05. The van der Waals surface area contributed by atoms with E-state index in [1.54, 1.807) is 20.8 Å². The predicted octanol–water partition coefficient (Wildman–Crippen LogP) is 0.749. The number of aliphatic hydroxyl groups excluding tert-OH is 1. The van der Waals surface area contributed by atoms with Crippen molar-refractivity contribution < 1.29 is 29.0 Å². The summed E-state index contributed by atoms with van der Waals surface area (Å²) in [6.07, 6.45) is -0.919. The molecule has 1 aliphatic heterocycles. The van der Waals surface area contributed by atoms with Gasteiger partial charge in [-0.25, -0.2) is 14.5 Å². The van der Waals surface area contributed by atoms with E-state index in [-0.39, 0.29) is 0 Å². The van der Waals surface area contributed by atoms with Crippen LogP contribution in [0, 0.1) is 0 Å². The van der Waals surface area contributed by atoms with Gasteiger partial charge in [0.1, 0.15) is 11.4 Å². The first-order valence-corrected chi connectivity index (χ1v) is 5.22. The van der Waals surface area contributed by atoms with Crippen LogP contribution in [-0.4, -0.2) is 47.2 Å². The van der Waals surface area contributed by atoms with Crippen LogP contribution in [0.3, 0.4) is 0 Å². The highest BCUT2D eigenvalue weighted by atomic mass is 16.6. The normalized spacial score (nSPS) is 16.0. The molecule has 7 heteroatoms. The zero-order valence-corrected chi connectivity index (χ0v) is 10.6. The highest BCUT2D eigenvalue weighted by molar-refractivity contribution is 6.21. The zero-order valence-electron chi connectivity index (χ0n) is 10.6. The van der Waals surface area contributed by atoms with E-state index in [0.717, 1.165) is 7.11 Å². The van der Waals surface area contributed by atoms with Gasteiger partial charge in [0.25, 0.3) is 5.91 Å². The molecule has 18 heavy (non-hydrogen) atoms. The van der Waals surface area contributed by atoms with Crippen molar-refractivity contribution >= 4 is 18.0 Å². The molecular formula is C11H15NO6.